The second-order valence-corrected chi connectivity index (χ2v) is 4.55. The number of aliphatic hydroxyl groups excluding tert-OH is 1. The second-order valence-electron chi connectivity index (χ2n) is 3.70. The molecule has 0 spiro atoms. The summed E-state index contributed by atoms with van der Waals surface area (Å²) in [4.78, 5) is 13.8. The van der Waals surface area contributed by atoms with Gasteiger partial charge in [0.15, 0.2) is 0 Å². The van der Waals surface area contributed by atoms with Gasteiger partial charge in [-0.05, 0) is 47.5 Å². The molecule has 0 fully saturated rings. The van der Waals surface area contributed by atoms with E-state index in [-0.39, 0.29) is 12.5 Å². The van der Waals surface area contributed by atoms with Crippen molar-refractivity contribution >= 4 is 27.5 Å². The number of benzene rings is 1. The van der Waals surface area contributed by atoms with Crippen LogP contribution in [-0.4, -0.2) is 35.6 Å². The van der Waals surface area contributed by atoms with Crippen molar-refractivity contribution in [3.05, 3.63) is 28.2 Å². The summed E-state index contributed by atoms with van der Waals surface area (Å²) in [5.41, 5.74) is 6.89. The molecule has 3 N–H and O–H groups in total. The molecule has 0 saturated heterocycles. The van der Waals surface area contributed by atoms with Crippen molar-refractivity contribution in [2.75, 3.05) is 25.4 Å². The molecule has 0 bridgehead atoms. The Morgan fingerprint density at radius 2 is 2.24 bits per heavy atom. The Kier molecular flexibility index (Phi) is 5.44. The first-order chi connectivity index (χ1) is 8.10. The molecule has 1 rings (SSSR count). The molecule has 0 aliphatic carbocycles. The van der Waals surface area contributed by atoms with Gasteiger partial charge in [-0.3, -0.25) is 4.79 Å². The van der Waals surface area contributed by atoms with Crippen molar-refractivity contribution in [1.82, 2.24) is 4.90 Å². The van der Waals surface area contributed by atoms with Crippen LogP contribution < -0.4 is 5.73 Å². The number of hydrogen-bond donors (Lipinski definition) is 2. The average molecular weight is 301 g/mol. The van der Waals surface area contributed by atoms with Gasteiger partial charge in [-0.25, -0.2) is 0 Å². The van der Waals surface area contributed by atoms with Gasteiger partial charge < -0.3 is 15.7 Å². The highest BCUT2D eigenvalue weighted by molar-refractivity contribution is 9.10. The monoisotopic (exact) mass is 300 g/mol. The Morgan fingerprint density at radius 1 is 1.53 bits per heavy atom. The van der Waals surface area contributed by atoms with Gasteiger partial charge in [0, 0.05) is 35.4 Å². The van der Waals surface area contributed by atoms with Gasteiger partial charge in [0.1, 0.15) is 0 Å². The predicted octanol–water partition coefficient (Wildman–Crippen LogP) is 1.88. The van der Waals surface area contributed by atoms with E-state index >= 15 is 0 Å². The molecule has 1 amide bonds. The van der Waals surface area contributed by atoms with Crippen molar-refractivity contribution in [3.8, 4) is 0 Å². The third-order valence-corrected chi connectivity index (χ3v) is 3.19. The zero-order valence-electron chi connectivity index (χ0n) is 9.82. The standard InChI is InChI=1S/C12H17BrN2O2/c1-2-15(6-3-7-16)12(17)9-4-5-11(14)10(13)8-9/h4-5,8,16H,2-3,6-7,14H2,1H3. The fourth-order valence-corrected chi connectivity index (χ4v) is 1.89. The third kappa shape index (κ3) is 3.71. The molecule has 0 saturated carbocycles. The minimum atomic E-state index is -0.0401. The lowest BCUT2D eigenvalue weighted by atomic mass is 10.2. The van der Waals surface area contributed by atoms with E-state index < -0.39 is 0 Å². The highest BCUT2D eigenvalue weighted by Gasteiger charge is 2.14. The minimum Gasteiger partial charge on any atom is -0.398 e. The molecular formula is C12H17BrN2O2. The number of aliphatic hydroxyl groups is 1. The predicted molar refractivity (Wildman–Crippen MR) is 71.8 cm³/mol. The van der Waals surface area contributed by atoms with Crippen LogP contribution >= 0.6 is 15.9 Å². The summed E-state index contributed by atoms with van der Waals surface area (Å²) in [6.07, 6.45) is 0.593. The van der Waals surface area contributed by atoms with E-state index in [2.05, 4.69) is 15.9 Å². The molecule has 0 heterocycles. The second kappa shape index (κ2) is 6.61. The maximum Gasteiger partial charge on any atom is 0.253 e. The first-order valence-corrected chi connectivity index (χ1v) is 6.34. The Balaban J connectivity index is 2.82. The summed E-state index contributed by atoms with van der Waals surface area (Å²) in [6.45, 7) is 3.20. The van der Waals surface area contributed by atoms with Crippen molar-refractivity contribution in [1.29, 1.82) is 0 Å². The van der Waals surface area contributed by atoms with Crippen molar-refractivity contribution < 1.29 is 9.90 Å². The SMILES string of the molecule is CCN(CCCO)C(=O)c1ccc(N)c(Br)c1. The van der Waals surface area contributed by atoms with Crippen LogP contribution in [0.4, 0.5) is 5.69 Å². The minimum absolute atomic E-state index is 0.0401. The summed E-state index contributed by atoms with van der Waals surface area (Å²) in [5.74, 6) is -0.0401. The smallest absolute Gasteiger partial charge is 0.253 e. The summed E-state index contributed by atoms with van der Waals surface area (Å²) in [7, 11) is 0. The van der Waals surface area contributed by atoms with Crippen LogP contribution in [0.3, 0.4) is 0 Å². The molecule has 4 nitrogen and oxygen atoms in total. The largest absolute Gasteiger partial charge is 0.398 e. The number of carbonyl (C=O) groups excluding carboxylic acids is 1. The summed E-state index contributed by atoms with van der Waals surface area (Å²) in [5, 5.41) is 8.78. The molecule has 1 aromatic carbocycles. The van der Waals surface area contributed by atoms with Gasteiger partial charge >= 0.3 is 0 Å². The average Bonchev–Trinajstić information content (AvgIpc) is 2.33. The molecule has 0 aliphatic rings. The Hall–Kier alpha value is -1.07. The normalized spacial score (nSPS) is 10.3. The summed E-state index contributed by atoms with van der Waals surface area (Å²) < 4.78 is 0.724. The van der Waals surface area contributed by atoms with Gasteiger partial charge in [-0.15, -0.1) is 0 Å². The number of nitrogen functional groups attached to an aromatic ring is 1. The molecule has 17 heavy (non-hydrogen) atoms. The van der Waals surface area contributed by atoms with E-state index in [1.54, 1.807) is 23.1 Å². The molecule has 0 aromatic heterocycles. The molecular weight excluding hydrogens is 284 g/mol. The summed E-state index contributed by atoms with van der Waals surface area (Å²) in [6, 6.07) is 5.14. The number of amides is 1. The number of hydrogen-bond acceptors (Lipinski definition) is 3. The van der Waals surface area contributed by atoms with Crippen LogP contribution in [0.1, 0.15) is 23.7 Å². The maximum atomic E-state index is 12.1. The quantitative estimate of drug-likeness (QED) is 0.816. The fraction of sp³-hybridized carbons (Fsp3) is 0.417. The zero-order valence-corrected chi connectivity index (χ0v) is 11.4. The van der Waals surface area contributed by atoms with E-state index in [1.807, 2.05) is 6.92 Å². The van der Waals surface area contributed by atoms with E-state index in [4.69, 9.17) is 10.8 Å². The van der Waals surface area contributed by atoms with Crippen LogP contribution in [0.15, 0.2) is 22.7 Å². The number of halogens is 1. The first kappa shape index (κ1) is 14.0. The number of carbonyl (C=O) groups is 1. The van der Waals surface area contributed by atoms with E-state index in [0.29, 0.717) is 30.8 Å². The lowest BCUT2D eigenvalue weighted by molar-refractivity contribution is 0.0754. The van der Waals surface area contributed by atoms with Crippen LogP contribution in [-0.2, 0) is 0 Å². The first-order valence-electron chi connectivity index (χ1n) is 5.55. The lowest BCUT2D eigenvalue weighted by Gasteiger charge is -2.20. The number of nitrogens with two attached hydrogens (primary N) is 1. The third-order valence-electron chi connectivity index (χ3n) is 2.50. The summed E-state index contributed by atoms with van der Waals surface area (Å²) >= 11 is 3.30. The van der Waals surface area contributed by atoms with E-state index in [1.165, 1.54) is 0 Å². The van der Waals surface area contributed by atoms with Gasteiger partial charge in [-0.2, -0.15) is 0 Å². The molecule has 94 valence electrons. The molecule has 1 aromatic rings. The molecule has 0 radical (unpaired) electrons. The number of anilines is 1. The van der Waals surface area contributed by atoms with Crippen LogP contribution in [0.2, 0.25) is 0 Å². The van der Waals surface area contributed by atoms with Gasteiger partial charge in [-0.1, -0.05) is 0 Å². The lowest BCUT2D eigenvalue weighted by Crippen LogP contribution is -2.32. The number of rotatable bonds is 5. The number of nitrogens with zero attached hydrogens (tertiary/aromatic N) is 1. The Bertz CT molecular complexity index is 396. The topological polar surface area (TPSA) is 66.6 Å². The van der Waals surface area contributed by atoms with E-state index in [9.17, 15) is 4.79 Å². The van der Waals surface area contributed by atoms with Crippen LogP contribution in [0.25, 0.3) is 0 Å². The van der Waals surface area contributed by atoms with E-state index in [0.717, 1.165) is 4.47 Å². The van der Waals surface area contributed by atoms with Crippen LogP contribution in [0, 0.1) is 0 Å². The Labute approximate surface area is 110 Å². The molecule has 0 atom stereocenters. The van der Waals surface area contributed by atoms with Crippen molar-refractivity contribution in [2.45, 2.75) is 13.3 Å². The van der Waals surface area contributed by atoms with Gasteiger partial charge in [0.05, 0.1) is 0 Å². The van der Waals surface area contributed by atoms with Crippen molar-refractivity contribution in [3.63, 3.8) is 0 Å². The highest BCUT2D eigenvalue weighted by atomic mass is 79.9. The van der Waals surface area contributed by atoms with Gasteiger partial charge in [0.25, 0.3) is 5.91 Å². The Morgan fingerprint density at radius 3 is 2.76 bits per heavy atom. The molecule has 0 aliphatic heterocycles. The van der Waals surface area contributed by atoms with Crippen LogP contribution in [0.5, 0.6) is 0 Å². The molecule has 0 unspecified atom stereocenters. The van der Waals surface area contributed by atoms with Gasteiger partial charge in [0.2, 0.25) is 0 Å². The highest BCUT2D eigenvalue weighted by Crippen LogP contribution is 2.21. The van der Waals surface area contributed by atoms with Crippen molar-refractivity contribution in [2.24, 2.45) is 0 Å². The fourth-order valence-electron chi connectivity index (χ4n) is 1.51. The maximum absolute atomic E-state index is 12.1. The molecule has 5 heteroatoms. The zero-order chi connectivity index (χ0) is 12.8.